The Hall–Kier alpha value is -1.50. The highest BCUT2D eigenvalue weighted by molar-refractivity contribution is 6.32. The van der Waals surface area contributed by atoms with E-state index in [-0.39, 0.29) is 13.4 Å². The molecule has 1 fully saturated rings. The number of ether oxygens (including phenoxy) is 3. The number of carboxylic acid groups (broad SMARTS) is 1. The van der Waals surface area contributed by atoms with Crippen molar-refractivity contribution in [1.29, 1.82) is 0 Å². The van der Waals surface area contributed by atoms with E-state index < -0.39 is 12.0 Å². The number of halogens is 1. The van der Waals surface area contributed by atoms with E-state index in [0.717, 1.165) is 5.56 Å². The van der Waals surface area contributed by atoms with Crippen LogP contribution in [0, 0.1) is 0 Å². The summed E-state index contributed by atoms with van der Waals surface area (Å²) in [6, 6.07) is 2.99. The molecule has 20 heavy (non-hydrogen) atoms. The molecule has 6 nitrogen and oxygen atoms in total. The molecule has 1 atom stereocenters. The molecule has 1 unspecified atom stereocenters. The number of benzene rings is 1. The summed E-state index contributed by atoms with van der Waals surface area (Å²) in [5, 5.41) is 9.69. The largest absolute Gasteiger partial charge is 0.480 e. The summed E-state index contributed by atoms with van der Waals surface area (Å²) in [6.07, 6.45) is 0. The molecule has 2 aliphatic heterocycles. The molecule has 7 heteroatoms. The number of carbonyl (C=O) groups is 1. The van der Waals surface area contributed by atoms with Gasteiger partial charge < -0.3 is 19.3 Å². The van der Waals surface area contributed by atoms with Crippen molar-refractivity contribution in [2.24, 2.45) is 0 Å². The Labute approximate surface area is 120 Å². The predicted octanol–water partition coefficient (Wildman–Crippen LogP) is 1.35. The van der Waals surface area contributed by atoms with Crippen LogP contribution < -0.4 is 9.47 Å². The van der Waals surface area contributed by atoms with Crippen molar-refractivity contribution in [3.05, 3.63) is 22.7 Å². The maximum Gasteiger partial charge on any atom is 0.323 e. The van der Waals surface area contributed by atoms with Gasteiger partial charge in [0, 0.05) is 13.1 Å². The molecule has 1 aromatic rings. The molecule has 0 aliphatic carbocycles. The van der Waals surface area contributed by atoms with Crippen LogP contribution in [-0.2, 0) is 16.1 Å². The fourth-order valence-corrected chi connectivity index (χ4v) is 2.69. The van der Waals surface area contributed by atoms with Crippen LogP contribution in [0.1, 0.15) is 5.56 Å². The third-order valence-corrected chi connectivity index (χ3v) is 3.68. The van der Waals surface area contributed by atoms with Crippen LogP contribution in [0.2, 0.25) is 5.02 Å². The van der Waals surface area contributed by atoms with Gasteiger partial charge in [-0.05, 0) is 17.7 Å². The highest BCUT2D eigenvalue weighted by Crippen LogP contribution is 2.40. The Morgan fingerprint density at radius 2 is 2.30 bits per heavy atom. The topological polar surface area (TPSA) is 68.2 Å². The van der Waals surface area contributed by atoms with Crippen molar-refractivity contribution in [2.45, 2.75) is 12.6 Å². The molecule has 108 valence electrons. The lowest BCUT2D eigenvalue weighted by molar-refractivity contribution is -0.150. The van der Waals surface area contributed by atoms with Gasteiger partial charge in [-0.1, -0.05) is 11.6 Å². The zero-order valence-electron chi connectivity index (χ0n) is 10.7. The van der Waals surface area contributed by atoms with E-state index in [2.05, 4.69) is 0 Å². The van der Waals surface area contributed by atoms with Gasteiger partial charge in [-0.3, -0.25) is 9.69 Å². The first-order chi connectivity index (χ1) is 9.65. The summed E-state index contributed by atoms with van der Waals surface area (Å²) in [4.78, 5) is 13.1. The average molecular weight is 300 g/mol. The Balaban J connectivity index is 1.80. The van der Waals surface area contributed by atoms with Crippen LogP contribution in [0.15, 0.2) is 12.1 Å². The number of morpholine rings is 1. The molecule has 3 rings (SSSR count). The summed E-state index contributed by atoms with van der Waals surface area (Å²) in [5.74, 6) is 0.274. The van der Waals surface area contributed by atoms with Crippen LogP contribution in [0.5, 0.6) is 11.5 Å². The SMILES string of the molecule is O=C(O)C1COCCN1Cc1cc(Cl)c2c(c1)OCO2. The first kappa shape index (κ1) is 13.5. The molecule has 0 amide bonds. The van der Waals surface area contributed by atoms with Crippen molar-refractivity contribution in [2.75, 3.05) is 26.6 Å². The molecule has 2 heterocycles. The van der Waals surface area contributed by atoms with Gasteiger partial charge in [0.2, 0.25) is 6.79 Å². The van der Waals surface area contributed by atoms with E-state index in [4.69, 9.17) is 25.8 Å². The van der Waals surface area contributed by atoms with Gasteiger partial charge in [0.1, 0.15) is 6.04 Å². The second kappa shape index (κ2) is 5.47. The van der Waals surface area contributed by atoms with Gasteiger partial charge in [-0.15, -0.1) is 0 Å². The van der Waals surface area contributed by atoms with Crippen molar-refractivity contribution in [3.8, 4) is 11.5 Å². The Morgan fingerprint density at radius 3 is 3.10 bits per heavy atom. The number of aliphatic carboxylic acids is 1. The molecule has 2 aliphatic rings. The molecule has 0 aromatic heterocycles. The Kier molecular flexibility index (Phi) is 3.69. The van der Waals surface area contributed by atoms with Crippen LogP contribution in [-0.4, -0.2) is 48.6 Å². The van der Waals surface area contributed by atoms with E-state index in [0.29, 0.717) is 36.2 Å². The summed E-state index contributed by atoms with van der Waals surface area (Å²) < 4.78 is 15.8. The molecule has 1 saturated heterocycles. The minimum Gasteiger partial charge on any atom is -0.480 e. The summed E-state index contributed by atoms with van der Waals surface area (Å²) >= 11 is 6.13. The lowest BCUT2D eigenvalue weighted by Crippen LogP contribution is -2.49. The van der Waals surface area contributed by atoms with Gasteiger partial charge in [0.05, 0.1) is 18.2 Å². The summed E-state index contributed by atoms with van der Waals surface area (Å²) in [7, 11) is 0. The third kappa shape index (κ3) is 2.54. The van der Waals surface area contributed by atoms with Crippen molar-refractivity contribution in [3.63, 3.8) is 0 Å². The molecule has 1 aromatic carbocycles. The van der Waals surface area contributed by atoms with E-state index in [1.807, 2.05) is 11.0 Å². The van der Waals surface area contributed by atoms with Crippen LogP contribution in [0.25, 0.3) is 0 Å². The fraction of sp³-hybridized carbons (Fsp3) is 0.462. The first-order valence-corrected chi connectivity index (χ1v) is 6.65. The highest BCUT2D eigenvalue weighted by Gasteiger charge is 2.29. The van der Waals surface area contributed by atoms with E-state index >= 15 is 0 Å². The van der Waals surface area contributed by atoms with Crippen LogP contribution >= 0.6 is 11.6 Å². The van der Waals surface area contributed by atoms with Crippen LogP contribution in [0.3, 0.4) is 0 Å². The van der Waals surface area contributed by atoms with Gasteiger partial charge >= 0.3 is 5.97 Å². The third-order valence-electron chi connectivity index (χ3n) is 3.40. The number of nitrogens with zero attached hydrogens (tertiary/aromatic N) is 1. The minimum atomic E-state index is -0.878. The lowest BCUT2D eigenvalue weighted by atomic mass is 10.1. The van der Waals surface area contributed by atoms with Gasteiger partial charge in [0.15, 0.2) is 11.5 Å². The number of rotatable bonds is 3. The molecule has 0 bridgehead atoms. The second-order valence-electron chi connectivity index (χ2n) is 4.71. The Bertz CT molecular complexity index is 536. The minimum absolute atomic E-state index is 0.161. The second-order valence-corrected chi connectivity index (χ2v) is 5.12. The lowest BCUT2D eigenvalue weighted by Gasteiger charge is -2.32. The molecular formula is C13H14ClNO5. The maximum absolute atomic E-state index is 11.2. The van der Waals surface area contributed by atoms with E-state index in [1.165, 1.54) is 0 Å². The first-order valence-electron chi connectivity index (χ1n) is 6.28. The molecular weight excluding hydrogens is 286 g/mol. The zero-order chi connectivity index (χ0) is 14.1. The number of hydrogen-bond donors (Lipinski definition) is 1. The predicted molar refractivity (Wildman–Crippen MR) is 70.2 cm³/mol. The zero-order valence-corrected chi connectivity index (χ0v) is 11.4. The summed E-state index contributed by atoms with van der Waals surface area (Å²) in [5.41, 5.74) is 0.896. The van der Waals surface area contributed by atoms with E-state index in [1.54, 1.807) is 6.07 Å². The monoisotopic (exact) mass is 299 g/mol. The molecule has 0 spiro atoms. The van der Waals surface area contributed by atoms with Crippen molar-refractivity contribution in [1.82, 2.24) is 4.90 Å². The summed E-state index contributed by atoms with van der Waals surface area (Å²) in [6.45, 7) is 1.95. The molecule has 0 radical (unpaired) electrons. The van der Waals surface area contributed by atoms with Crippen molar-refractivity contribution < 1.29 is 24.1 Å². The fourth-order valence-electron chi connectivity index (χ4n) is 2.40. The normalized spacial score (nSPS) is 21.9. The van der Waals surface area contributed by atoms with Gasteiger partial charge in [0.25, 0.3) is 0 Å². The van der Waals surface area contributed by atoms with Gasteiger partial charge in [-0.25, -0.2) is 0 Å². The number of hydrogen-bond acceptors (Lipinski definition) is 5. The van der Waals surface area contributed by atoms with Crippen molar-refractivity contribution >= 4 is 17.6 Å². The number of fused-ring (bicyclic) bond motifs is 1. The van der Waals surface area contributed by atoms with Gasteiger partial charge in [-0.2, -0.15) is 0 Å². The number of carboxylic acids is 1. The quantitative estimate of drug-likeness (QED) is 0.909. The Morgan fingerprint density at radius 1 is 1.45 bits per heavy atom. The smallest absolute Gasteiger partial charge is 0.323 e. The maximum atomic E-state index is 11.2. The average Bonchev–Trinajstić information content (AvgIpc) is 2.88. The standard InChI is InChI=1S/C13H14ClNO5/c14-9-3-8(4-11-12(9)20-7-19-11)5-15-1-2-18-6-10(15)13(16)17/h3-4,10H,1-2,5-7H2,(H,16,17). The van der Waals surface area contributed by atoms with E-state index in [9.17, 15) is 9.90 Å². The molecule has 0 saturated carbocycles. The van der Waals surface area contributed by atoms with Crippen LogP contribution in [0.4, 0.5) is 0 Å². The highest BCUT2D eigenvalue weighted by atomic mass is 35.5. The molecule has 1 N–H and O–H groups in total.